The Morgan fingerprint density at radius 2 is 1.95 bits per heavy atom. The highest BCUT2D eigenvalue weighted by Gasteiger charge is 2.34. The predicted octanol–water partition coefficient (Wildman–Crippen LogP) is 2.80. The number of halogens is 4. The molecule has 1 aliphatic rings. The van der Waals surface area contributed by atoms with Crippen LogP contribution in [-0.4, -0.2) is 17.1 Å². The molecule has 0 heterocycles. The highest BCUT2D eigenvalue weighted by Crippen LogP contribution is 2.31. The lowest BCUT2D eigenvalue weighted by molar-refractivity contribution is -0.145. The van der Waals surface area contributed by atoms with Gasteiger partial charge in [0.1, 0.15) is 5.82 Å². The number of rotatable bonds is 4. The zero-order valence-electron chi connectivity index (χ0n) is 10.4. The van der Waals surface area contributed by atoms with Gasteiger partial charge >= 0.3 is 12.1 Å². The van der Waals surface area contributed by atoms with Crippen LogP contribution < -0.4 is 5.32 Å². The Balaban J connectivity index is 1.94. The van der Waals surface area contributed by atoms with Gasteiger partial charge in [-0.1, -0.05) is 0 Å². The molecule has 0 saturated heterocycles. The first-order valence-corrected chi connectivity index (χ1v) is 6.08. The standard InChI is InChI=1S/C13H13F4NO2/c14-10-2-7(1-9(5-10)13(15,16)17)6-18-11-3-8(4-11)12(19)20/h1-2,5,8,11,18H,3-4,6H2,(H,19,20). The molecule has 0 amide bonds. The Kier molecular flexibility index (Phi) is 3.99. The number of nitrogens with one attached hydrogen (secondary N) is 1. The van der Waals surface area contributed by atoms with E-state index in [0.29, 0.717) is 18.9 Å². The lowest BCUT2D eigenvalue weighted by Gasteiger charge is -2.33. The molecule has 1 fully saturated rings. The number of hydrogen-bond acceptors (Lipinski definition) is 2. The summed E-state index contributed by atoms with van der Waals surface area (Å²) in [6, 6.07) is 2.33. The van der Waals surface area contributed by atoms with E-state index in [1.165, 1.54) is 0 Å². The van der Waals surface area contributed by atoms with Gasteiger partial charge in [0.05, 0.1) is 11.5 Å². The van der Waals surface area contributed by atoms with E-state index in [0.717, 1.165) is 12.1 Å². The van der Waals surface area contributed by atoms with Crippen LogP contribution in [0, 0.1) is 11.7 Å². The second-order valence-corrected chi connectivity index (χ2v) is 4.93. The van der Waals surface area contributed by atoms with Gasteiger partial charge in [0.25, 0.3) is 0 Å². The predicted molar refractivity (Wildman–Crippen MR) is 62.4 cm³/mol. The number of carbonyl (C=O) groups is 1. The molecule has 1 aromatic rings. The monoisotopic (exact) mass is 291 g/mol. The molecule has 2 rings (SSSR count). The van der Waals surface area contributed by atoms with Gasteiger partial charge in [-0.25, -0.2) is 4.39 Å². The summed E-state index contributed by atoms with van der Waals surface area (Å²) in [5.41, 5.74) is -0.831. The van der Waals surface area contributed by atoms with Crippen LogP contribution in [0.2, 0.25) is 0 Å². The Morgan fingerprint density at radius 3 is 2.50 bits per heavy atom. The van der Waals surface area contributed by atoms with E-state index in [4.69, 9.17) is 5.11 Å². The van der Waals surface area contributed by atoms with Gasteiger partial charge in [0, 0.05) is 12.6 Å². The van der Waals surface area contributed by atoms with Gasteiger partial charge in [-0.3, -0.25) is 4.79 Å². The van der Waals surface area contributed by atoms with Crippen molar-refractivity contribution in [2.24, 2.45) is 5.92 Å². The summed E-state index contributed by atoms with van der Waals surface area (Å²) in [7, 11) is 0. The molecule has 0 aromatic heterocycles. The van der Waals surface area contributed by atoms with Crippen molar-refractivity contribution >= 4 is 5.97 Å². The first kappa shape index (κ1) is 14.8. The summed E-state index contributed by atoms with van der Waals surface area (Å²) in [4.78, 5) is 10.6. The molecule has 0 atom stereocenters. The molecular weight excluding hydrogens is 278 g/mol. The minimum atomic E-state index is -4.58. The van der Waals surface area contributed by atoms with Gasteiger partial charge < -0.3 is 10.4 Å². The molecule has 7 heteroatoms. The summed E-state index contributed by atoms with van der Waals surface area (Å²) in [6.07, 6.45) is -3.70. The summed E-state index contributed by atoms with van der Waals surface area (Å²) < 4.78 is 50.7. The van der Waals surface area contributed by atoms with Crippen molar-refractivity contribution in [2.75, 3.05) is 0 Å². The third kappa shape index (κ3) is 3.47. The SMILES string of the molecule is O=C(O)C1CC(NCc2cc(F)cc(C(F)(F)F)c2)C1. The third-order valence-corrected chi connectivity index (χ3v) is 3.37. The fourth-order valence-corrected chi connectivity index (χ4v) is 2.16. The summed E-state index contributed by atoms with van der Waals surface area (Å²) in [5.74, 6) is -2.20. The van der Waals surface area contributed by atoms with Crippen LogP contribution in [0.5, 0.6) is 0 Å². The lowest BCUT2D eigenvalue weighted by Crippen LogP contribution is -2.43. The zero-order chi connectivity index (χ0) is 14.9. The quantitative estimate of drug-likeness (QED) is 0.839. The van der Waals surface area contributed by atoms with Crippen LogP contribution in [-0.2, 0) is 17.5 Å². The summed E-state index contributed by atoms with van der Waals surface area (Å²) >= 11 is 0. The number of hydrogen-bond donors (Lipinski definition) is 2. The van der Waals surface area contributed by atoms with Crippen molar-refractivity contribution in [1.82, 2.24) is 5.32 Å². The fourth-order valence-electron chi connectivity index (χ4n) is 2.16. The first-order valence-electron chi connectivity index (χ1n) is 6.08. The smallest absolute Gasteiger partial charge is 0.416 e. The maximum Gasteiger partial charge on any atom is 0.416 e. The molecule has 0 unspecified atom stereocenters. The molecule has 110 valence electrons. The Bertz CT molecular complexity index is 510. The highest BCUT2D eigenvalue weighted by molar-refractivity contribution is 5.71. The average molecular weight is 291 g/mol. The van der Waals surface area contributed by atoms with Crippen molar-refractivity contribution in [2.45, 2.75) is 31.6 Å². The Morgan fingerprint density at radius 1 is 1.30 bits per heavy atom. The largest absolute Gasteiger partial charge is 0.481 e. The van der Waals surface area contributed by atoms with Crippen molar-refractivity contribution < 1.29 is 27.5 Å². The normalized spacial score (nSPS) is 22.4. The topological polar surface area (TPSA) is 49.3 Å². The van der Waals surface area contributed by atoms with E-state index in [-0.39, 0.29) is 18.2 Å². The number of alkyl halides is 3. The van der Waals surface area contributed by atoms with Crippen LogP contribution in [0.4, 0.5) is 17.6 Å². The molecule has 1 saturated carbocycles. The van der Waals surface area contributed by atoms with Gasteiger partial charge in [-0.05, 0) is 36.6 Å². The van der Waals surface area contributed by atoms with Gasteiger partial charge in [-0.15, -0.1) is 0 Å². The van der Waals surface area contributed by atoms with Gasteiger partial charge in [0.2, 0.25) is 0 Å². The molecule has 0 bridgehead atoms. The van der Waals surface area contributed by atoms with Gasteiger partial charge in [0.15, 0.2) is 0 Å². The molecule has 1 aliphatic carbocycles. The van der Waals surface area contributed by atoms with Crippen molar-refractivity contribution in [3.8, 4) is 0 Å². The zero-order valence-corrected chi connectivity index (χ0v) is 10.4. The lowest BCUT2D eigenvalue weighted by atomic mass is 9.80. The van der Waals surface area contributed by atoms with Crippen LogP contribution in [0.15, 0.2) is 18.2 Å². The highest BCUT2D eigenvalue weighted by atomic mass is 19.4. The second kappa shape index (κ2) is 5.40. The number of carboxylic acid groups (broad SMARTS) is 1. The molecule has 0 radical (unpaired) electrons. The molecule has 0 aliphatic heterocycles. The third-order valence-electron chi connectivity index (χ3n) is 3.37. The molecule has 0 spiro atoms. The summed E-state index contributed by atoms with van der Waals surface area (Å²) in [5, 5.41) is 11.6. The first-order chi connectivity index (χ1) is 9.25. The maximum atomic E-state index is 13.1. The van der Waals surface area contributed by atoms with E-state index < -0.39 is 29.4 Å². The van der Waals surface area contributed by atoms with E-state index in [1.807, 2.05) is 0 Å². The van der Waals surface area contributed by atoms with Crippen molar-refractivity contribution in [3.05, 3.63) is 35.1 Å². The van der Waals surface area contributed by atoms with Crippen LogP contribution >= 0.6 is 0 Å². The van der Waals surface area contributed by atoms with Crippen molar-refractivity contribution in [3.63, 3.8) is 0 Å². The van der Waals surface area contributed by atoms with Crippen molar-refractivity contribution in [1.29, 1.82) is 0 Å². The molecule has 20 heavy (non-hydrogen) atoms. The van der Waals surface area contributed by atoms with Crippen LogP contribution in [0.25, 0.3) is 0 Å². The molecule has 2 N–H and O–H groups in total. The molecule has 1 aromatic carbocycles. The minimum Gasteiger partial charge on any atom is -0.481 e. The van der Waals surface area contributed by atoms with E-state index in [1.54, 1.807) is 0 Å². The number of aliphatic carboxylic acids is 1. The number of carboxylic acids is 1. The summed E-state index contributed by atoms with van der Waals surface area (Å²) in [6.45, 7) is 0.0812. The van der Waals surface area contributed by atoms with E-state index in [9.17, 15) is 22.4 Å². The van der Waals surface area contributed by atoms with E-state index >= 15 is 0 Å². The van der Waals surface area contributed by atoms with Gasteiger partial charge in [-0.2, -0.15) is 13.2 Å². The minimum absolute atomic E-state index is 0.0475. The molecule has 3 nitrogen and oxygen atoms in total. The van der Waals surface area contributed by atoms with Crippen LogP contribution in [0.1, 0.15) is 24.0 Å². The average Bonchev–Trinajstić information content (AvgIpc) is 2.24. The Labute approximate surface area is 112 Å². The van der Waals surface area contributed by atoms with E-state index in [2.05, 4.69) is 5.32 Å². The second-order valence-electron chi connectivity index (χ2n) is 4.93. The van der Waals surface area contributed by atoms with Crippen LogP contribution in [0.3, 0.4) is 0 Å². The Hall–Kier alpha value is -1.63. The molecular formula is C13H13F4NO2. The maximum absolute atomic E-state index is 13.1. The fraction of sp³-hybridized carbons (Fsp3) is 0.462. The number of benzene rings is 1.